The summed E-state index contributed by atoms with van der Waals surface area (Å²) in [5.74, 6) is 0.0463. The van der Waals surface area contributed by atoms with Crippen LogP contribution in [0.4, 0.5) is 11.4 Å². The van der Waals surface area contributed by atoms with Gasteiger partial charge in [0.25, 0.3) is 0 Å². The Balaban J connectivity index is 1.58. The number of carbonyl (C=O) groups is 2. The quantitative estimate of drug-likeness (QED) is 0.646. The number of para-hydroxylation sites is 2. The molecule has 1 amide bonds. The van der Waals surface area contributed by atoms with E-state index in [4.69, 9.17) is 9.47 Å². The molecular weight excluding hydrogens is 320 g/mol. The van der Waals surface area contributed by atoms with Gasteiger partial charge in [-0.3, -0.25) is 9.59 Å². The molecule has 1 unspecified atom stereocenters. The molecule has 0 saturated heterocycles. The summed E-state index contributed by atoms with van der Waals surface area (Å²) in [6, 6.07) is 14.3. The Morgan fingerprint density at radius 1 is 1.24 bits per heavy atom. The van der Waals surface area contributed by atoms with Crippen molar-refractivity contribution in [2.75, 3.05) is 23.8 Å². The normalized spacial score (nSPS) is 16.0. The zero-order valence-electron chi connectivity index (χ0n) is 14.0. The van der Waals surface area contributed by atoms with Gasteiger partial charge in [0.1, 0.15) is 5.75 Å². The zero-order valence-corrected chi connectivity index (χ0v) is 14.0. The number of nitrogens with one attached hydrogen (secondary N) is 2. The molecule has 0 spiro atoms. The maximum absolute atomic E-state index is 12.2. The van der Waals surface area contributed by atoms with Crippen LogP contribution in [0.2, 0.25) is 0 Å². The summed E-state index contributed by atoms with van der Waals surface area (Å²) in [6.07, 6.45) is 0.0486. The van der Waals surface area contributed by atoms with E-state index in [1.54, 1.807) is 36.4 Å². The summed E-state index contributed by atoms with van der Waals surface area (Å²) in [4.78, 5) is 24.5. The number of fused-ring (bicyclic) bond motifs is 1. The van der Waals surface area contributed by atoms with Crippen molar-refractivity contribution in [3.63, 3.8) is 0 Å². The Morgan fingerprint density at radius 2 is 2.00 bits per heavy atom. The number of carbonyl (C=O) groups excluding carboxylic acids is 2. The molecule has 130 valence electrons. The summed E-state index contributed by atoms with van der Waals surface area (Å²) in [7, 11) is 0. The van der Waals surface area contributed by atoms with Crippen LogP contribution < -0.4 is 20.1 Å². The van der Waals surface area contributed by atoms with Gasteiger partial charge in [0.05, 0.1) is 18.2 Å². The molecule has 6 heteroatoms. The van der Waals surface area contributed by atoms with E-state index in [-0.39, 0.29) is 12.3 Å². The molecule has 1 heterocycles. The average molecular weight is 340 g/mol. The maximum Gasteiger partial charge on any atom is 0.316 e. The van der Waals surface area contributed by atoms with Gasteiger partial charge in [0.2, 0.25) is 5.91 Å². The molecular formula is C19H20N2O4. The van der Waals surface area contributed by atoms with Crippen LogP contribution in [0.3, 0.4) is 0 Å². The average Bonchev–Trinajstić information content (AvgIpc) is 2.76. The minimum Gasteiger partial charge on any atom is -0.494 e. The van der Waals surface area contributed by atoms with Crippen LogP contribution in [0.1, 0.15) is 13.3 Å². The Hall–Kier alpha value is -3.02. The number of esters is 1. The van der Waals surface area contributed by atoms with Gasteiger partial charge in [0.15, 0.2) is 5.75 Å². The smallest absolute Gasteiger partial charge is 0.316 e. The van der Waals surface area contributed by atoms with E-state index in [2.05, 4.69) is 10.6 Å². The van der Waals surface area contributed by atoms with Crippen LogP contribution in [0.25, 0.3) is 0 Å². The molecule has 1 aliphatic rings. The highest BCUT2D eigenvalue weighted by molar-refractivity contribution is 5.94. The van der Waals surface area contributed by atoms with E-state index in [1.807, 2.05) is 19.1 Å². The molecule has 2 N–H and O–H groups in total. The van der Waals surface area contributed by atoms with Gasteiger partial charge in [0, 0.05) is 18.7 Å². The monoisotopic (exact) mass is 340 g/mol. The number of benzene rings is 2. The van der Waals surface area contributed by atoms with Gasteiger partial charge < -0.3 is 20.1 Å². The van der Waals surface area contributed by atoms with Crippen molar-refractivity contribution in [3.8, 4) is 11.5 Å². The first-order valence-corrected chi connectivity index (χ1v) is 8.23. The Labute approximate surface area is 146 Å². The number of rotatable bonds is 5. The lowest BCUT2D eigenvalue weighted by atomic mass is 10.1. The molecule has 2 aromatic carbocycles. The van der Waals surface area contributed by atoms with Gasteiger partial charge in [-0.15, -0.1) is 0 Å². The largest absolute Gasteiger partial charge is 0.494 e. The molecule has 1 aliphatic heterocycles. The molecule has 0 aliphatic carbocycles. The number of ether oxygens (including phenoxy) is 2. The third kappa shape index (κ3) is 4.29. The first-order valence-electron chi connectivity index (χ1n) is 8.23. The predicted octanol–water partition coefficient (Wildman–Crippen LogP) is 3.06. The van der Waals surface area contributed by atoms with Crippen LogP contribution in [-0.2, 0) is 9.59 Å². The molecule has 25 heavy (non-hydrogen) atoms. The number of hydrogen-bond donors (Lipinski definition) is 2. The van der Waals surface area contributed by atoms with E-state index >= 15 is 0 Å². The molecule has 0 radical (unpaired) electrons. The van der Waals surface area contributed by atoms with Crippen molar-refractivity contribution in [2.24, 2.45) is 5.92 Å². The molecule has 0 saturated carbocycles. The van der Waals surface area contributed by atoms with Gasteiger partial charge in [-0.05, 0) is 43.3 Å². The highest BCUT2D eigenvalue weighted by Gasteiger charge is 2.27. The van der Waals surface area contributed by atoms with E-state index < -0.39 is 11.9 Å². The molecule has 1 atom stereocenters. The van der Waals surface area contributed by atoms with Gasteiger partial charge in [-0.25, -0.2) is 0 Å². The summed E-state index contributed by atoms with van der Waals surface area (Å²) in [6.45, 7) is 2.85. The summed E-state index contributed by atoms with van der Waals surface area (Å²) < 4.78 is 10.7. The number of amides is 1. The number of anilines is 2. The third-order valence-corrected chi connectivity index (χ3v) is 3.85. The molecule has 0 bridgehead atoms. The van der Waals surface area contributed by atoms with Crippen LogP contribution >= 0.6 is 0 Å². The van der Waals surface area contributed by atoms with Crippen molar-refractivity contribution in [3.05, 3.63) is 48.5 Å². The Morgan fingerprint density at radius 3 is 2.76 bits per heavy atom. The van der Waals surface area contributed by atoms with Crippen LogP contribution in [0, 0.1) is 5.92 Å². The van der Waals surface area contributed by atoms with Gasteiger partial charge in [-0.2, -0.15) is 0 Å². The van der Waals surface area contributed by atoms with Crippen molar-refractivity contribution < 1.29 is 19.1 Å². The predicted molar refractivity (Wildman–Crippen MR) is 94.9 cm³/mol. The topological polar surface area (TPSA) is 76.7 Å². The zero-order chi connectivity index (χ0) is 17.6. The summed E-state index contributed by atoms with van der Waals surface area (Å²) >= 11 is 0. The van der Waals surface area contributed by atoms with E-state index in [0.717, 1.165) is 11.4 Å². The van der Waals surface area contributed by atoms with Crippen molar-refractivity contribution in [1.82, 2.24) is 0 Å². The first kappa shape index (κ1) is 16.8. The van der Waals surface area contributed by atoms with Crippen LogP contribution in [-0.4, -0.2) is 25.0 Å². The second-order valence-electron chi connectivity index (χ2n) is 5.70. The second kappa shape index (κ2) is 7.70. The lowest BCUT2D eigenvalue weighted by Gasteiger charge is -2.12. The molecule has 2 aromatic rings. The van der Waals surface area contributed by atoms with Gasteiger partial charge >= 0.3 is 5.97 Å². The van der Waals surface area contributed by atoms with Crippen molar-refractivity contribution in [1.29, 1.82) is 0 Å². The molecule has 3 rings (SSSR count). The third-order valence-electron chi connectivity index (χ3n) is 3.85. The first-order chi connectivity index (χ1) is 12.2. The van der Waals surface area contributed by atoms with Crippen LogP contribution in [0.5, 0.6) is 11.5 Å². The molecule has 0 fully saturated rings. The van der Waals surface area contributed by atoms with Gasteiger partial charge in [-0.1, -0.05) is 12.1 Å². The molecule has 6 nitrogen and oxygen atoms in total. The fraction of sp³-hybridized carbons (Fsp3) is 0.263. The van der Waals surface area contributed by atoms with Crippen LogP contribution in [0.15, 0.2) is 48.5 Å². The highest BCUT2D eigenvalue weighted by atomic mass is 16.5. The van der Waals surface area contributed by atoms with Crippen molar-refractivity contribution >= 4 is 23.3 Å². The van der Waals surface area contributed by atoms with Crippen molar-refractivity contribution in [2.45, 2.75) is 13.3 Å². The summed E-state index contributed by atoms with van der Waals surface area (Å²) in [5.41, 5.74) is 1.41. The SMILES string of the molecule is CCOc1ccc(NC(=O)CC2CNc3ccccc3OC2=O)cc1. The second-order valence-corrected chi connectivity index (χ2v) is 5.70. The fourth-order valence-electron chi connectivity index (χ4n) is 2.60. The minimum absolute atomic E-state index is 0.0486. The highest BCUT2D eigenvalue weighted by Crippen LogP contribution is 2.28. The van der Waals surface area contributed by atoms with E-state index in [1.165, 1.54) is 0 Å². The van der Waals surface area contributed by atoms with E-state index in [0.29, 0.717) is 24.6 Å². The fourth-order valence-corrected chi connectivity index (χ4v) is 2.60. The summed E-state index contributed by atoms with van der Waals surface area (Å²) in [5, 5.41) is 5.94. The maximum atomic E-state index is 12.2. The lowest BCUT2D eigenvalue weighted by Crippen LogP contribution is -2.29. The lowest BCUT2D eigenvalue weighted by molar-refractivity contribution is -0.140. The Bertz CT molecular complexity index is 758. The standard InChI is InChI=1S/C19H20N2O4/c1-2-24-15-9-7-14(8-10-15)21-18(22)11-13-12-20-16-5-3-4-6-17(16)25-19(13)23/h3-10,13,20H,2,11-12H2,1H3,(H,21,22). The minimum atomic E-state index is -0.546. The van der Waals surface area contributed by atoms with E-state index in [9.17, 15) is 9.59 Å². The Kier molecular flexibility index (Phi) is 5.18. The molecule has 0 aromatic heterocycles. The number of hydrogen-bond acceptors (Lipinski definition) is 5.